The standard InChI is InChI=1S/C15H19N3O3/c1-2-19-12-5-3-4-11(8-16)14(12)20-9-13-17-15(21-18-13)10-6-7-10/h3-5,10H,2,6-9,16H2,1H3. The zero-order chi connectivity index (χ0) is 14.7. The number of ether oxygens (including phenoxy) is 2. The Balaban J connectivity index is 1.73. The molecule has 1 fully saturated rings. The summed E-state index contributed by atoms with van der Waals surface area (Å²) >= 11 is 0. The minimum atomic E-state index is 0.243. The highest BCUT2D eigenvalue weighted by Crippen LogP contribution is 2.39. The van der Waals surface area contributed by atoms with Crippen molar-refractivity contribution in [2.45, 2.75) is 38.8 Å². The van der Waals surface area contributed by atoms with Crippen molar-refractivity contribution >= 4 is 0 Å². The lowest BCUT2D eigenvalue weighted by Crippen LogP contribution is -2.06. The van der Waals surface area contributed by atoms with Gasteiger partial charge < -0.3 is 19.7 Å². The number of rotatable bonds is 7. The van der Waals surface area contributed by atoms with E-state index in [1.165, 1.54) is 0 Å². The van der Waals surface area contributed by atoms with E-state index >= 15 is 0 Å². The number of aromatic nitrogens is 2. The molecule has 3 rings (SSSR count). The maximum atomic E-state index is 5.82. The summed E-state index contributed by atoms with van der Waals surface area (Å²) in [7, 11) is 0. The van der Waals surface area contributed by atoms with Gasteiger partial charge in [-0.25, -0.2) is 0 Å². The molecule has 1 saturated carbocycles. The van der Waals surface area contributed by atoms with E-state index in [0.29, 0.717) is 42.3 Å². The van der Waals surface area contributed by atoms with E-state index in [9.17, 15) is 0 Å². The number of nitrogens with two attached hydrogens (primary N) is 1. The first-order valence-corrected chi connectivity index (χ1v) is 7.21. The summed E-state index contributed by atoms with van der Waals surface area (Å²) in [5.74, 6) is 3.05. The highest BCUT2D eigenvalue weighted by Gasteiger charge is 2.29. The third-order valence-corrected chi connectivity index (χ3v) is 3.34. The fraction of sp³-hybridized carbons (Fsp3) is 0.467. The molecule has 0 atom stereocenters. The van der Waals surface area contributed by atoms with E-state index < -0.39 is 0 Å². The van der Waals surface area contributed by atoms with Gasteiger partial charge in [-0.1, -0.05) is 17.3 Å². The second-order valence-corrected chi connectivity index (χ2v) is 4.99. The molecule has 0 bridgehead atoms. The maximum Gasteiger partial charge on any atom is 0.229 e. The van der Waals surface area contributed by atoms with E-state index in [0.717, 1.165) is 18.4 Å². The highest BCUT2D eigenvalue weighted by atomic mass is 16.5. The van der Waals surface area contributed by atoms with Crippen molar-refractivity contribution in [3.05, 3.63) is 35.5 Å². The SMILES string of the molecule is CCOc1cccc(CN)c1OCc1noc(C2CC2)n1. The number of hydrogen-bond donors (Lipinski definition) is 1. The summed E-state index contributed by atoms with van der Waals surface area (Å²) in [4.78, 5) is 4.34. The summed E-state index contributed by atoms with van der Waals surface area (Å²) < 4.78 is 16.6. The number of para-hydroxylation sites is 1. The highest BCUT2D eigenvalue weighted by molar-refractivity contribution is 5.46. The van der Waals surface area contributed by atoms with Gasteiger partial charge in [0.1, 0.15) is 0 Å². The topological polar surface area (TPSA) is 83.4 Å². The maximum absolute atomic E-state index is 5.82. The van der Waals surface area contributed by atoms with Crippen LogP contribution >= 0.6 is 0 Å². The summed E-state index contributed by atoms with van der Waals surface area (Å²) in [5, 5.41) is 3.94. The Labute approximate surface area is 123 Å². The van der Waals surface area contributed by atoms with Gasteiger partial charge in [0.2, 0.25) is 11.7 Å². The third kappa shape index (κ3) is 3.16. The number of nitrogens with zero attached hydrogens (tertiary/aromatic N) is 2. The van der Waals surface area contributed by atoms with Crippen LogP contribution in [-0.2, 0) is 13.2 Å². The normalized spacial score (nSPS) is 14.2. The molecular formula is C15H19N3O3. The van der Waals surface area contributed by atoms with Crippen molar-refractivity contribution < 1.29 is 14.0 Å². The molecule has 6 nitrogen and oxygen atoms in total. The van der Waals surface area contributed by atoms with Crippen LogP contribution in [0.3, 0.4) is 0 Å². The Morgan fingerprint density at radius 2 is 2.19 bits per heavy atom. The van der Waals surface area contributed by atoms with Crippen LogP contribution in [-0.4, -0.2) is 16.7 Å². The largest absolute Gasteiger partial charge is 0.490 e. The van der Waals surface area contributed by atoms with Gasteiger partial charge in [0.25, 0.3) is 0 Å². The minimum absolute atomic E-state index is 0.243. The Hall–Kier alpha value is -2.08. The van der Waals surface area contributed by atoms with Crippen LogP contribution in [0, 0.1) is 0 Å². The van der Waals surface area contributed by atoms with Gasteiger partial charge in [0, 0.05) is 18.0 Å². The molecule has 1 aliphatic carbocycles. The molecule has 1 aromatic carbocycles. The molecule has 0 amide bonds. The van der Waals surface area contributed by atoms with E-state index in [4.69, 9.17) is 19.7 Å². The molecule has 2 N–H and O–H groups in total. The molecule has 21 heavy (non-hydrogen) atoms. The molecule has 112 valence electrons. The smallest absolute Gasteiger partial charge is 0.229 e. The Bertz CT molecular complexity index is 608. The predicted octanol–water partition coefficient (Wildman–Crippen LogP) is 2.38. The van der Waals surface area contributed by atoms with Crippen molar-refractivity contribution in [2.75, 3.05) is 6.61 Å². The van der Waals surface area contributed by atoms with Crippen molar-refractivity contribution in [1.82, 2.24) is 10.1 Å². The lowest BCUT2D eigenvalue weighted by Gasteiger charge is -2.14. The minimum Gasteiger partial charge on any atom is -0.490 e. The molecule has 0 unspecified atom stereocenters. The molecule has 1 aliphatic rings. The molecule has 1 heterocycles. The molecule has 0 aliphatic heterocycles. The predicted molar refractivity (Wildman–Crippen MR) is 76.1 cm³/mol. The van der Waals surface area contributed by atoms with Crippen molar-refractivity contribution in [2.24, 2.45) is 5.73 Å². The Morgan fingerprint density at radius 3 is 2.90 bits per heavy atom. The number of benzene rings is 1. The number of hydrogen-bond acceptors (Lipinski definition) is 6. The first-order chi connectivity index (χ1) is 10.3. The zero-order valence-electron chi connectivity index (χ0n) is 12.0. The summed E-state index contributed by atoms with van der Waals surface area (Å²) in [6.07, 6.45) is 2.26. The Morgan fingerprint density at radius 1 is 1.33 bits per heavy atom. The molecule has 1 aromatic heterocycles. The molecule has 2 aromatic rings. The van der Waals surface area contributed by atoms with Crippen LogP contribution in [0.15, 0.2) is 22.7 Å². The van der Waals surface area contributed by atoms with Gasteiger partial charge in [-0.2, -0.15) is 4.98 Å². The van der Waals surface area contributed by atoms with E-state index in [-0.39, 0.29) is 6.61 Å². The fourth-order valence-corrected chi connectivity index (χ4v) is 2.11. The molecule has 6 heteroatoms. The van der Waals surface area contributed by atoms with Gasteiger partial charge in [-0.05, 0) is 25.8 Å². The van der Waals surface area contributed by atoms with Crippen LogP contribution in [0.4, 0.5) is 0 Å². The first-order valence-electron chi connectivity index (χ1n) is 7.21. The summed E-state index contributed by atoms with van der Waals surface area (Å²) in [6, 6.07) is 5.69. The molecule has 0 radical (unpaired) electrons. The van der Waals surface area contributed by atoms with Crippen molar-refractivity contribution in [3.63, 3.8) is 0 Å². The monoisotopic (exact) mass is 289 g/mol. The average Bonchev–Trinajstić information content (AvgIpc) is 3.25. The van der Waals surface area contributed by atoms with E-state index in [1.807, 2.05) is 25.1 Å². The first kappa shape index (κ1) is 13.9. The lowest BCUT2D eigenvalue weighted by atomic mass is 10.2. The van der Waals surface area contributed by atoms with Gasteiger partial charge in [0.15, 0.2) is 18.1 Å². The average molecular weight is 289 g/mol. The summed E-state index contributed by atoms with van der Waals surface area (Å²) in [5.41, 5.74) is 6.65. The second-order valence-electron chi connectivity index (χ2n) is 4.99. The van der Waals surface area contributed by atoms with Crippen LogP contribution in [0.1, 0.15) is 43.0 Å². The van der Waals surface area contributed by atoms with Crippen molar-refractivity contribution in [1.29, 1.82) is 0 Å². The van der Waals surface area contributed by atoms with Crippen LogP contribution in [0.5, 0.6) is 11.5 Å². The quantitative estimate of drug-likeness (QED) is 0.842. The molecular weight excluding hydrogens is 270 g/mol. The van der Waals surface area contributed by atoms with Gasteiger partial charge in [-0.15, -0.1) is 0 Å². The van der Waals surface area contributed by atoms with Crippen molar-refractivity contribution in [3.8, 4) is 11.5 Å². The van der Waals surface area contributed by atoms with Gasteiger partial charge in [-0.3, -0.25) is 0 Å². The fourth-order valence-electron chi connectivity index (χ4n) is 2.11. The van der Waals surface area contributed by atoms with Crippen LogP contribution in [0.2, 0.25) is 0 Å². The molecule has 0 spiro atoms. The van der Waals surface area contributed by atoms with Crippen LogP contribution in [0.25, 0.3) is 0 Å². The molecule has 0 saturated heterocycles. The summed E-state index contributed by atoms with van der Waals surface area (Å²) in [6.45, 7) is 3.13. The van der Waals surface area contributed by atoms with Crippen LogP contribution < -0.4 is 15.2 Å². The second kappa shape index (κ2) is 6.13. The van der Waals surface area contributed by atoms with E-state index in [2.05, 4.69) is 10.1 Å². The van der Waals surface area contributed by atoms with Gasteiger partial charge >= 0.3 is 0 Å². The Kier molecular flexibility index (Phi) is 4.06. The third-order valence-electron chi connectivity index (χ3n) is 3.34. The van der Waals surface area contributed by atoms with E-state index in [1.54, 1.807) is 0 Å². The lowest BCUT2D eigenvalue weighted by molar-refractivity contribution is 0.255. The van der Waals surface area contributed by atoms with Gasteiger partial charge in [0.05, 0.1) is 6.61 Å². The zero-order valence-corrected chi connectivity index (χ0v) is 12.0.